The number of hydrogen-bond acceptors (Lipinski definition) is 3. The second kappa shape index (κ2) is 9.39. The van der Waals surface area contributed by atoms with Crippen LogP contribution in [0.3, 0.4) is 0 Å². The maximum absolute atomic E-state index is 5.87. The molecule has 0 spiro atoms. The molecule has 2 aromatic rings. The number of aryl methyl sites for hydroxylation is 2. The van der Waals surface area contributed by atoms with Crippen molar-refractivity contribution in [2.45, 2.75) is 39.3 Å². The van der Waals surface area contributed by atoms with Crippen LogP contribution in [0.2, 0.25) is 0 Å². The third kappa shape index (κ3) is 5.46. The molecule has 1 heterocycles. The third-order valence-corrected chi connectivity index (χ3v) is 5.68. The van der Waals surface area contributed by atoms with Gasteiger partial charge in [0.2, 0.25) is 0 Å². The van der Waals surface area contributed by atoms with Crippen LogP contribution in [0.5, 0.6) is 0 Å². The van der Waals surface area contributed by atoms with Gasteiger partial charge in [0.15, 0.2) is 5.11 Å². The molecular formula is C23H31N3OS. The second-order valence-corrected chi connectivity index (χ2v) is 8.19. The molecule has 1 saturated heterocycles. The van der Waals surface area contributed by atoms with E-state index in [0.29, 0.717) is 0 Å². The van der Waals surface area contributed by atoms with E-state index < -0.39 is 0 Å². The Labute approximate surface area is 174 Å². The fraction of sp³-hybridized carbons (Fsp3) is 0.435. The Morgan fingerprint density at radius 1 is 1.11 bits per heavy atom. The van der Waals surface area contributed by atoms with Gasteiger partial charge in [-0.1, -0.05) is 18.2 Å². The van der Waals surface area contributed by atoms with E-state index >= 15 is 0 Å². The molecule has 1 fully saturated rings. The van der Waals surface area contributed by atoms with Crippen molar-refractivity contribution in [3.8, 4) is 0 Å². The Balaban J connectivity index is 1.73. The van der Waals surface area contributed by atoms with E-state index in [0.717, 1.165) is 43.3 Å². The lowest BCUT2D eigenvalue weighted by atomic mass is 10.1. The summed E-state index contributed by atoms with van der Waals surface area (Å²) in [6.07, 6.45) is 2.48. The van der Waals surface area contributed by atoms with Crippen LogP contribution in [-0.4, -0.2) is 43.4 Å². The van der Waals surface area contributed by atoms with Gasteiger partial charge >= 0.3 is 0 Å². The van der Waals surface area contributed by atoms with Gasteiger partial charge in [-0.25, -0.2) is 0 Å². The van der Waals surface area contributed by atoms with Gasteiger partial charge in [-0.2, -0.15) is 0 Å². The minimum absolute atomic E-state index is 0.251. The number of nitrogens with zero attached hydrogens (tertiary/aromatic N) is 2. The lowest BCUT2D eigenvalue weighted by Gasteiger charge is -2.28. The Morgan fingerprint density at radius 3 is 2.46 bits per heavy atom. The normalized spacial score (nSPS) is 16.1. The lowest BCUT2D eigenvalue weighted by molar-refractivity contribution is 0.0905. The first-order valence-electron chi connectivity index (χ1n) is 9.93. The molecule has 1 unspecified atom stereocenters. The summed E-state index contributed by atoms with van der Waals surface area (Å²) in [6.45, 7) is 6.68. The average Bonchev–Trinajstić information content (AvgIpc) is 3.18. The number of rotatable bonds is 6. The fourth-order valence-electron chi connectivity index (χ4n) is 3.39. The molecule has 0 bridgehead atoms. The van der Waals surface area contributed by atoms with Crippen molar-refractivity contribution >= 4 is 28.7 Å². The first-order valence-corrected chi connectivity index (χ1v) is 10.3. The summed E-state index contributed by atoms with van der Waals surface area (Å²) in [4.78, 5) is 4.34. The maximum atomic E-state index is 5.87. The zero-order valence-electron chi connectivity index (χ0n) is 17.4. The smallest absolute Gasteiger partial charge is 0.173 e. The molecule has 5 heteroatoms. The molecule has 1 aliphatic heterocycles. The second-order valence-electron chi connectivity index (χ2n) is 7.81. The topological polar surface area (TPSA) is 27.7 Å². The van der Waals surface area contributed by atoms with Crippen LogP contribution in [-0.2, 0) is 11.3 Å². The Bertz CT molecular complexity index is 798. The van der Waals surface area contributed by atoms with Gasteiger partial charge in [0, 0.05) is 45.2 Å². The molecule has 1 aliphatic rings. The molecule has 1 atom stereocenters. The highest BCUT2D eigenvalue weighted by Crippen LogP contribution is 2.19. The Hall–Kier alpha value is -2.11. The molecule has 4 nitrogen and oxygen atoms in total. The van der Waals surface area contributed by atoms with Crippen LogP contribution in [0.25, 0.3) is 0 Å². The van der Waals surface area contributed by atoms with E-state index in [1.807, 2.05) is 0 Å². The SMILES string of the molecule is Cc1ccc(NC(=S)N(Cc2ccc(N(C)C)cc2)CC2CCCO2)cc1C. The van der Waals surface area contributed by atoms with Crippen LogP contribution in [0.1, 0.15) is 29.5 Å². The molecule has 3 rings (SSSR count). The van der Waals surface area contributed by atoms with Crippen molar-refractivity contribution in [3.05, 3.63) is 59.2 Å². The molecule has 28 heavy (non-hydrogen) atoms. The van der Waals surface area contributed by atoms with Gasteiger partial charge in [0.1, 0.15) is 0 Å². The molecule has 0 radical (unpaired) electrons. The van der Waals surface area contributed by atoms with Crippen LogP contribution in [0.15, 0.2) is 42.5 Å². The van der Waals surface area contributed by atoms with Crippen LogP contribution >= 0.6 is 12.2 Å². The van der Waals surface area contributed by atoms with E-state index in [1.54, 1.807) is 0 Å². The van der Waals surface area contributed by atoms with E-state index in [9.17, 15) is 0 Å². The summed E-state index contributed by atoms with van der Waals surface area (Å²) in [5.74, 6) is 0. The van der Waals surface area contributed by atoms with Crippen molar-refractivity contribution in [1.29, 1.82) is 0 Å². The van der Waals surface area contributed by atoms with Gasteiger partial charge in [-0.3, -0.25) is 0 Å². The summed E-state index contributed by atoms with van der Waals surface area (Å²) in [7, 11) is 4.11. The molecule has 1 N–H and O–H groups in total. The molecule has 150 valence electrons. The van der Waals surface area contributed by atoms with E-state index in [-0.39, 0.29) is 6.10 Å². The van der Waals surface area contributed by atoms with E-state index in [2.05, 4.69) is 85.5 Å². The van der Waals surface area contributed by atoms with Gasteiger partial charge in [-0.05, 0) is 79.9 Å². The number of ether oxygens (including phenoxy) is 1. The number of benzene rings is 2. The summed E-state index contributed by atoms with van der Waals surface area (Å²) >= 11 is 5.79. The Kier molecular flexibility index (Phi) is 6.92. The minimum atomic E-state index is 0.251. The quantitative estimate of drug-likeness (QED) is 0.710. The monoisotopic (exact) mass is 397 g/mol. The van der Waals surface area contributed by atoms with Crippen molar-refractivity contribution in [2.75, 3.05) is 37.5 Å². The molecule has 0 aliphatic carbocycles. The third-order valence-electron chi connectivity index (χ3n) is 5.32. The van der Waals surface area contributed by atoms with Gasteiger partial charge in [-0.15, -0.1) is 0 Å². The summed E-state index contributed by atoms with van der Waals surface area (Å²) in [6, 6.07) is 15.0. The molecule has 2 aromatic carbocycles. The molecule has 0 aromatic heterocycles. The van der Waals surface area contributed by atoms with E-state index in [1.165, 1.54) is 22.4 Å². The summed E-state index contributed by atoms with van der Waals surface area (Å²) in [5, 5.41) is 4.17. The van der Waals surface area contributed by atoms with Gasteiger partial charge < -0.3 is 19.9 Å². The molecule has 0 saturated carbocycles. The highest BCUT2D eigenvalue weighted by Gasteiger charge is 2.21. The Morgan fingerprint density at radius 2 is 1.86 bits per heavy atom. The highest BCUT2D eigenvalue weighted by atomic mass is 32.1. The van der Waals surface area contributed by atoms with Crippen molar-refractivity contribution in [2.24, 2.45) is 0 Å². The zero-order valence-corrected chi connectivity index (χ0v) is 18.2. The van der Waals surface area contributed by atoms with Crippen LogP contribution < -0.4 is 10.2 Å². The summed E-state index contributed by atoms with van der Waals surface area (Å²) < 4.78 is 5.87. The highest BCUT2D eigenvalue weighted by molar-refractivity contribution is 7.80. The first kappa shape index (κ1) is 20.6. The number of thiocarbonyl (C=S) groups is 1. The van der Waals surface area contributed by atoms with Crippen LogP contribution in [0.4, 0.5) is 11.4 Å². The minimum Gasteiger partial charge on any atom is -0.378 e. The zero-order chi connectivity index (χ0) is 20.1. The first-order chi connectivity index (χ1) is 13.4. The van der Waals surface area contributed by atoms with Crippen molar-refractivity contribution in [1.82, 2.24) is 4.90 Å². The standard InChI is InChI=1S/C23H31N3OS/c1-17-7-10-20(14-18(17)2)24-23(28)26(16-22-6-5-13-27-22)15-19-8-11-21(12-9-19)25(3)4/h7-12,14,22H,5-6,13,15-16H2,1-4H3,(H,24,28). The summed E-state index contributed by atoms with van der Waals surface area (Å²) in [5.41, 5.74) is 6.03. The van der Waals surface area contributed by atoms with Crippen molar-refractivity contribution in [3.63, 3.8) is 0 Å². The fourth-order valence-corrected chi connectivity index (χ4v) is 3.65. The number of nitrogens with one attached hydrogen (secondary N) is 1. The number of hydrogen-bond donors (Lipinski definition) is 1. The molecule has 0 amide bonds. The number of anilines is 2. The predicted molar refractivity (Wildman–Crippen MR) is 122 cm³/mol. The van der Waals surface area contributed by atoms with Gasteiger partial charge in [0.25, 0.3) is 0 Å². The largest absolute Gasteiger partial charge is 0.378 e. The van der Waals surface area contributed by atoms with Crippen LogP contribution in [0, 0.1) is 13.8 Å². The van der Waals surface area contributed by atoms with E-state index in [4.69, 9.17) is 17.0 Å². The molecular weight excluding hydrogens is 366 g/mol. The maximum Gasteiger partial charge on any atom is 0.173 e. The lowest BCUT2D eigenvalue weighted by Crippen LogP contribution is -2.39. The average molecular weight is 398 g/mol. The predicted octanol–water partition coefficient (Wildman–Crippen LogP) is 4.75. The van der Waals surface area contributed by atoms with Crippen molar-refractivity contribution < 1.29 is 4.74 Å². The van der Waals surface area contributed by atoms with Gasteiger partial charge in [0.05, 0.1) is 6.10 Å².